The van der Waals surface area contributed by atoms with Gasteiger partial charge in [0, 0.05) is 38.3 Å². The summed E-state index contributed by atoms with van der Waals surface area (Å²) in [7, 11) is 0. The fourth-order valence-electron chi connectivity index (χ4n) is 9.19. The molecular formula is C51H36N2. The first kappa shape index (κ1) is 30.0. The van der Waals surface area contributed by atoms with Crippen molar-refractivity contribution in [1.29, 1.82) is 0 Å². The topological polar surface area (TPSA) is 9.86 Å². The lowest BCUT2D eigenvalue weighted by Crippen LogP contribution is -2.14. The Hall–Kier alpha value is -6.64. The third-order valence-corrected chi connectivity index (χ3v) is 11.7. The average Bonchev–Trinajstić information content (AvgIpc) is 3.81. The van der Waals surface area contributed by atoms with Gasteiger partial charge in [0.15, 0.2) is 0 Å². The van der Waals surface area contributed by atoms with E-state index in [1.165, 1.54) is 88.1 Å². The van der Waals surface area contributed by atoms with Gasteiger partial charge < -0.3 is 9.13 Å². The summed E-state index contributed by atoms with van der Waals surface area (Å²) in [5.74, 6) is 0. The maximum absolute atomic E-state index is 2.44. The smallest absolute Gasteiger partial charge is 0.0548 e. The molecule has 0 N–H and O–H groups in total. The largest absolute Gasteiger partial charge is 0.309 e. The summed E-state index contributed by atoms with van der Waals surface area (Å²) in [6.07, 6.45) is 0. The number of rotatable bonds is 4. The third-order valence-electron chi connectivity index (χ3n) is 11.7. The number of hydrogen-bond acceptors (Lipinski definition) is 0. The fraction of sp³-hybridized carbons (Fsp3) is 0.0588. The van der Waals surface area contributed by atoms with Crippen molar-refractivity contribution in [3.05, 3.63) is 193 Å². The van der Waals surface area contributed by atoms with Crippen LogP contribution in [0.4, 0.5) is 0 Å². The molecule has 2 aromatic heterocycles. The lowest BCUT2D eigenvalue weighted by Gasteiger charge is -2.22. The summed E-state index contributed by atoms with van der Waals surface area (Å²) in [6, 6.07) is 67.0. The van der Waals surface area contributed by atoms with Crippen LogP contribution in [-0.2, 0) is 5.41 Å². The van der Waals surface area contributed by atoms with E-state index in [0.717, 1.165) is 11.4 Å². The molecule has 10 aromatic rings. The zero-order chi connectivity index (χ0) is 35.3. The van der Waals surface area contributed by atoms with Gasteiger partial charge in [-0.25, -0.2) is 0 Å². The van der Waals surface area contributed by atoms with Gasteiger partial charge in [-0.05, 0) is 99.1 Å². The fourth-order valence-corrected chi connectivity index (χ4v) is 9.19. The number of nitrogens with zero attached hydrogens (tertiary/aromatic N) is 2. The monoisotopic (exact) mass is 676 g/mol. The predicted octanol–water partition coefficient (Wildman–Crippen LogP) is 13.5. The van der Waals surface area contributed by atoms with Gasteiger partial charge in [0.05, 0.1) is 22.1 Å². The van der Waals surface area contributed by atoms with Crippen LogP contribution in [0.3, 0.4) is 0 Å². The maximum atomic E-state index is 2.44. The summed E-state index contributed by atoms with van der Waals surface area (Å²) >= 11 is 0. The van der Waals surface area contributed by atoms with E-state index in [9.17, 15) is 0 Å². The second-order valence-corrected chi connectivity index (χ2v) is 14.9. The van der Waals surface area contributed by atoms with E-state index < -0.39 is 0 Å². The van der Waals surface area contributed by atoms with Gasteiger partial charge in [-0.2, -0.15) is 0 Å². The second kappa shape index (κ2) is 11.2. The van der Waals surface area contributed by atoms with Crippen molar-refractivity contribution in [2.45, 2.75) is 19.3 Å². The minimum Gasteiger partial charge on any atom is -0.309 e. The lowest BCUT2D eigenvalue weighted by molar-refractivity contribution is 0.660. The first-order valence-electron chi connectivity index (χ1n) is 18.5. The van der Waals surface area contributed by atoms with Crippen LogP contribution in [0.25, 0.3) is 88.4 Å². The first-order valence-corrected chi connectivity index (χ1v) is 18.5. The lowest BCUT2D eigenvalue weighted by atomic mass is 9.81. The number of aromatic nitrogens is 2. The molecule has 0 amide bonds. The molecule has 250 valence electrons. The van der Waals surface area contributed by atoms with E-state index in [1.54, 1.807) is 0 Å². The van der Waals surface area contributed by atoms with Crippen LogP contribution in [-0.4, -0.2) is 9.13 Å². The van der Waals surface area contributed by atoms with Crippen LogP contribution in [0.1, 0.15) is 25.0 Å². The SMILES string of the molecule is CC1(C)c2ccccc2-c2ccc(-c3ccc(-n4c5ccccc5c5c6c7ccccc7n(-c7ccc(-c8ccccc8)cc7)c6ccc54)cc3)cc21. The molecule has 1 aliphatic carbocycles. The van der Waals surface area contributed by atoms with Gasteiger partial charge in [0.2, 0.25) is 0 Å². The van der Waals surface area contributed by atoms with Crippen LogP contribution < -0.4 is 0 Å². The van der Waals surface area contributed by atoms with Crippen molar-refractivity contribution >= 4 is 43.6 Å². The third kappa shape index (κ3) is 4.33. The molecule has 1 aliphatic rings. The van der Waals surface area contributed by atoms with Gasteiger partial charge in [0.1, 0.15) is 0 Å². The second-order valence-electron chi connectivity index (χ2n) is 14.9. The normalized spacial score (nSPS) is 13.2. The molecule has 0 radical (unpaired) electrons. The van der Waals surface area contributed by atoms with Crippen molar-refractivity contribution in [2.75, 3.05) is 0 Å². The highest BCUT2D eigenvalue weighted by Crippen LogP contribution is 2.49. The Kier molecular flexibility index (Phi) is 6.33. The van der Waals surface area contributed by atoms with E-state index in [-0.39, 0.29) is 5.41 Å². The van der Waals surface area contributed by atoms with Crippen molar-refractivity contribution < 1.29 is 0 Å². The molecule has 0 spiro atoms. The first-order chi connectivity index (χ1) is 26.1. The molecule has 0 atom stereocenters. The van der Waals surface area contributed by atoms with E-state index in [0.29, 0.717) is 0 Å². The minimum atomic E-state index is -0.0229. The molecule has 0 unspecified atom stereocenters. The Labute approximate surface area is 308 Å². The molecule has 2 nitrogen and oxygen atoms in total. The molecule has 8 aromatic carbocycles. The molecule has 0 saturated carbocycles. The van der Waals surface area contributed by atoms with Gasteiger partial charge in [-0.15, -0.1) is 0 Å². The van der Waals surface area contributed by atoms with E-state index in [4.69, 9.17) is 0 Å². The summed E-state index contributed by atoms with van der Waals surface area (Å²) in [6.45, 7) is 4.70. The van der Waals surface area contributed by atoms with Gasteiger partial charge in [-0.1, -0.05) is 141 Å². The number of benzene rings is 8. The Morgan fingerprint density at radius 1 is 0.340 bits per heavy atom. The molecule has 0 fully saturated rings. The Morgan fingerprint density at radius 3 is 1.40 bits per heavy atom. The van der Waals surface area contributed by atoms with Crippen LogP contribution in [0.2, 0.25) is 0 Å². The summed E-state index contributed by atoms with van der Waals surface area (Å²) in [4.78, 5) is 0. The molecule has 11 rings (SSSR count). The summed E-state index contributed by atoms with van der Waals surface area (Å²) < 4.78 is 4.87. The van der Waals surface area contributed by atoms with E-state index in [1.807, 2.05) is 0 Å². The van der Waals surface area contributed by atoms with Crippen molar-refractivity contribution in [2.24, 2.45) is 0 Å². The Morgan fingerprint density at radius 2 is 0.792 bits per heavy atom. The number of para-hydroxylation sites is 2. The highest BCUT2D eigenvalue weighted by atomic mass is 15.0. The van der Waals surface area contributed by atoms with Crippen molar-refractivity contribution in [3.63, 3.8) is 0 Å². The zero-order valence-corrected chi connectivity index (χ0v) is 29.7. The predicted molar refractivity (Wildman–Crippen MR) is 224 cm³/mol. The molecule has 0 bridgehead atoms. The van der Waals surface area contributed by atoms with Crippen molar-refractivity contribution in [3.8, 4) is 44.8 Å². The molecule has 2 heterocycles. The maximum Gasteiger partial charge on any atom is 0.0548 e. The van der Waals surface area contributed by atoms with Crippen LogP contribution in [0.5, 0.6) is 0 Å². The van der Waals surface area contributed by atoms with Gasteiger partial charge >= 0.3 is 0 Å². The van der Waals surface area contributed by atoms with Crippen LogP contribution in [0, 0.1) is 0 Å². The number of hydrogen-bond donors (Lipinski definition) is 0. The Balaban J connectivity index is 1.06. The molecule has 0 saturated heterocycles. The summed E-state index contributed by atoms with van der Waals surface area (Å²) in [5, 5.41) is 5.11. The number of fused-ring (bicyclic) bond motifs is 10. The van der Waals surface area contributed by atoms with Crippen LogP contribution in [0.15, 0.2) is 182 Å². The highest BCUT2D eigenvalue weighted by Gasteiger charge is 2.35. The summed E-state index contributed by atoms with van der Waals surface area (Å²) in [5.41, 5.74) is 17.6. The van der Waals surface area contributed by atoms with Gasteiger partial charge in [-0.3, -0.25) is 0 Å². The van der Waals surface area contributed by atoms with E-state index in [2.05, 4.69) is 205 Å². The molecule has 53 heavy (non-hydrogen) atoms. The molecule has 0 aliphatic heterocycles. The zero-order valence-electron chi connectivity index (χ0n) is 29.7. The molecule has 2 heteroatoms. The molecular weight excluding hydrogens is 641 g/mol. The average molecular weight is 677 g/mol. The Bertz CT molecular complexity index is 3050. The van der Waals surface area contributed by atoms with Crippen molar-refractivity contribution in [1.82, 2.24) is 9.13 Å². The van der Waals surface area contributed by atoms with Crippen LogP contribution >= 0.6 is 0 Å². The van der Waals surface area contributed by atoms with E-state index >= 15 is 0 Å². The quantitative estimate of drug-likeness (QED) is 0.176. The minimum absolute atomic E-state index is 0.0229. The standard InChI is InChI=1S/C51H36N2/c1-51(2)43-17-9-6-14-39(43)40-29-24-36(32-44(40)51)35-22-27-38(28-23-35)53-46-19-11-8-16-42(46)50-48(53)31-30-47-49(50)41-15-7-10-18-45(41)52(47)37-25-20-34(21-26-37)33-12-4-3-5-13-33/h3-32H,1-2H3. The van der Waals surface area contributed by atoms with Gasteiger partial charge in [0.25, 0.3) is 0 Å². The highest BCUT2D eigenvalue weighted by molar-refractivity contribution is 6.28.